The molecular formula is C15H17F3N2O. The summed E-state index contributed by atoms with van der Waals surface area (Å²) in [5, 5.41) is 11.7. The molecular weight excluding hydrogens is 281 g/mol. The molecule has 2 rings (SSSR count). The van der Waals surface area contributed by atoms with E-state index in [4.69, 9.17) is 10.00 Å². The molecule has 0 bridgehead atoms. The molecule has 0 saturated carbocycles. The Bertz CT molecular complexity index is 561. The third kappa shape index (κ3) is 3.88. The fourth-order valence-electron chi connectivity index (χ4n) is 2.44. The van der Waals surface area contributed by atoms with Gasteiger partial charge in [0.05, 0.1) is 28.9 Å². The standard InChI is InChI=1S/C15H17F3N2O/c1-14(2)6-5-12(21-14)9-20-11-4-3-10(8-19)13(7-11)15(16,17)18/h3-4,7,12,20H,5-6,9H2,1-2H3. The Morgan fingerprint density at radius 2 is 2.14 bits per heavy atom. The Hall–Kier alpha value is -1.74. The number of halogens is 3. The number of alkyl halides is 3. The second-order valence-electron chi connectivity index (χ2n) is 5.79. The van der Waals surface area contributed by atoms with Crippen LogP contribution >= 0.6 is 0 Å². The SMILES string of the molecule is CC1(C)CCC(CNc2ccc(C#N)c(C(F)(F)F)c2)O1. The van der Waals surface area contributed by atoms with Crippen molar-refractivity contribution in [1.82, 2.24) is 0 Å². The van der Waals surface area contributed by atoms with Gasteiger partial charge < -0.3 is 10.1 Å². The number of rotatable bonds is 3. The highest BCUT2D eigenvalue weighted by molar-refractivity contribution is 5.53. The van der Waals surface area contributed by atoms with E-state index in [2.05, 4.69) is 5.32 Å². The van der Waals surface area contributed by atoms with E-state index in [0.29, 0.717) is 12.2 Å². The highest BCUT2D eigenvalue weighted by Gasteiger charge is 2.34. The fraction of sp³-hybridized carbons (Fsp3) is 0.533. The van der Waals surface area contributed by atoms with Gasteiger partial charge in [0.1, 0.15) is 0 Å². The van der Waals surface area contributed by atoms with Gasteiger partial charge in [-0.15, -0.1) is 0 Å². The molecule has 1 heterocycles. The van der Waals surface area contributed by atoms with Crippen LogP contribution in [-0.4, -0.2) is 18.2 Å². The summed E-state index contributed by atoms with van der Waals surface area (Å²) in [4.78, 5) is 0. The van der Waals surface area contributed by atoms with E-state index in [0.717, 1.165) is 18.9 Å². The van der Waals surface area contributed by atoms with Gasteiger partial charge in [-0.25, -0.2) is 0 Å². The van der Waals surface area contributed by atoms with Crippen LogP contribution in [0.3, 0.4) is 0 Å². The number of nitriles is 1. The molecule has 21 heavy (non-hydrogen) atoms. The number of nitrogens with one attached hydrogen (secondary N) is 1. The minimum atomic E-state index is -4.53. The van der Waals surface area contributed by atoms with Gasteiger partial charge in [-0.1, -0.05) is 0 Å². The van der Waals surface area contributed by atoms with Crippen molar-refractivity contribution in [2.45, 2.75) is 44.6 Å². The monoisotopic (exact) mass is 298 g/mol. The van der Waals surface area contributed by atoms with Gasteiger partial charge >= 0.3 is 6.18 Å². The maximum Gasteiger partial charge on any atom is 0.417 e. The predicted molar refractivity (Wildman–Crippen MR) is 72.8 cm³/mol. The second kappa shape index (κ2) is 5.57. The van der Waals surface area contributed by atoms with Crippen LogP contribution in [0.5, 0.6) is 0 Å². The lowest BCUT2D eigenvalue weighted by atomic mass is 10.1. The summed E-state index contributed by atoms with van der Waals surface area (Å²) in [5.41, 5.74) is -1.11. The van der Waals surface area contributed by atoms with E-state index in [1.807, 2.05) is 13.8 Å². The van der Waals surface area contributed by atoms with Crippen molar-refractivity contribution < 1.29 is 17.9 Å². The van der Waals surface area contributed by atoms with Gasteiger partial charge in [0.25, 0.3) is 0 Å². The average molecular weight is 298 g/mol. The van der Waals surface area contributed by atoms with Crippen molar-refractivity contribution in [3.05, 3.63) is 29.3 Å². The molecule has 0 aliphatic carbocycles. The third-order valence-corrected chi connectivity index (χ3v) is 3.53. The molecule has 0 spiro atoms. The topological polar surface area (TPSA) is 45.0 Å². The highest BCUT2D eigenvalue weighted by Crippen LogP contribution is 2.34. The largest absolute Gasteiger partial charge is 0.417 e. The average Bonchev–Trinajstić information content (AvgIpc) is 2.74. The van der Waals surface area contributed by atoms with Crippen molar-refractivity contribution >= 4 is 5.69 Å². The molecule has 1 aromatic rings. The van der Waals surface area contributed by atoms with Crippen molar-refractivity contribution in [1.29, 1.82) is 5.26 Å². The lowest BCUT2D eigenvalue weighted by Crippen LogP contribution is -2.25. The van der Waals surface area contributed by atoms with E-state index in [-0.39, 0.29) is 17.3 Å². The third-order valence-electron chi connectivity index (χ3n) is 3.53. The quantitative estimate of drug-likeness (QED) is 0.919. The number of anilines is 1. The van der Waals surface area contributed by atoms with Gasteiger partial charge in [0.2, 0.25) is 0 Å². The smallest absolute Gasteiger partial charge is 0.382 e. The Kier molecular flexibility index (Phi) is 4.15. The molecule has 1 aliphatic heterocycles. The summed E-state index contributed by atoms with van der Waals surface area (Å²) in [7, 11) is 0. The fourth-order valence-corrected chi connectivity index (χ4v) is 2.44. The molecule has 1 aromatic carbocycles. The zero-order chi connectivity index (χ0) is 15.7. The molecule has 1 atom stereocenters. The molecule has 0 aromatic heterocycles. The van der Waals surface area contributed by atoms with Crippen LogP contribution in [0.25, 0.3) is 0 Å². The number of ether oxygens (including phenoxy) is 1. The number of benzene rings is 1. The summed E-state index contributed by atoms with van der Waals surface area (Å²) < 4.78 is 44.3. The molecule has 0 radical (unpaired) electrons. The van der Waals surface area contributed by atoms with Crippen LogP contribution in [0.15, 0.2) is 18.2 Å². The molecule has 1 fully saturated rings. The normalized spacial score (nSPS) is 21.0. The molecule has 0 amide bonds. The van der Waals surface area contributed by atoms with Crippen LogP contribution in [0.1, 0.15) is 37.8 Å². The molecule has 1 aliphatic rings. The number of hydrogen-bond donors (Lipinski definition) is 1. The Labute approximate surface area is 121 Å². The summed E-state index contributed by atoms with van der Waals surface area (Å²) in [6.45, 7) is 4.44. The van der Waals surface area contributed by atoms with Crippen molar-refractivity contribution in [2.24, 2.45) is 0 Å². The Balaban J connectivity index is 2.07. The predicted octanol–water partition coefficient (Wildman–Crippen LogP) is 3.95. The first-order valence-corrected chi connectivity index (χ1v) is 6.74. The van der Waals surface area contributed by atoms with Gasteiger partial charge in [0.15, 0.2) is 0 Å². The Morgan fingerprint density at radius 3 is 2.67 bits per heavy atom. The van der Waals surface area contributed by atoms with Gasteiger partial charge in [0, 0.05) is 12.2 Å². The lowest BCUT2D eigenvalue weighted by molar-refractivity contribution is -0.137. The first kappa shape index (κ1) is 15.6. The van der Waals surface area contributed by atoms with Crippen LogP contribution in [0.2, 0.25) is 0 Å². The van der Waals surface area contributed by atoms with E-state index in [1.54, 1.807) is 6.07 Å². The first-order chi connectivity index (χ1) is 9.71. The van der Waals surface area contributed by atoms with Gasteiger partial charge in [-0.2, -0.15) is 18.4 Å². The van der Waals surface area contributed by atoms with Crippen LogP contribution < -0.4 is 5.32 Å². The van der Waals surface area contributed by atoms with E-state index >= 15 is 0 Å². The summed E-state index contributed by atoms with van der Waals surface area (Å²) in [5.74, 6) is 0. The zero-order valence-electron chi connectivity index (χ0n) is 11.9. The van der Waals surface area contributed by atoms with Crippen LogP contribution in [0.4, 0.5) is 18.9 Å². The Morgan fingerprint density at radius 1 is 1.43 bits per heavy atom. The molecule has 3 nitrogen and oxygen atoms in total. The molecule has 6 heteroatoms. The van der Waals surface area contributed by atoms with Gasteiger partial charge in [-0.3, -0.25) is 0 Å². The van der Waals surface area contributed by atoms with Crippen LogP contribution in [0, 0.1) is 11.3 Å². The number of nitrogens with zero attached hydrogens (tertiary/aromatic N) is 1. The highest BCUT2D eigenvalue weighted by atomic mass is 19.4. The molecule has 114 valence electrons. The first-order valence-electron chi connectivity index (χ1n) is 6.74. The lowest BCUT2D eigenvalue weighted by Gasteiger charge is -2.20. The number of hydrogen-bond acceptors (Lipinski definition) is 3. The van der Waals surface area contributed by atoms with Crippen LogP contribution in [-0.2, 0) is 10.9 Å². The minimum absolute atomic E-state index is 0.00928. The van der Waals surface area contributed by atoms with Gasteiger partial charge in [-0.05, 0) is 44.9 Å². The van der Waals surface area contributed by atoms with E-state index in [9.17, 15) is 13.2 Å². The maximum absolute atomic E-state index is 12.9. The molecule has 1 saturated heterocycles. The molecule has 1 unspecified atom stereocenters. The molecule has 1 N–H and O–H groups in total. The van der Waals surface area contributed by atoms with Crippen molar-refractivity contribution in [2.75, 3.05) is 11.9 Å². The summed E-state index contributed by atoms with van der Waals surface area (Å²) in [6.07, 6.45) is -2.73. The summed E-state index contributed by atoms with van der Waals surface area (Å²) in [6, 6.07) is 5.20. The minimum Gasteiger partial charge on any atom is -0.382 e. The summed E-state index contributed by atoms with van der Waals surface area (Å²) >= 11 is 0. The van der Waals surface area contributed by atoms with E-state index in [1.165, 1.54) is 12.1 Å². The maximum atomic E-state index is 12.9. The van der Waals surface area contributed by atoms with Crippen molar-refractivity contribution in [3.63, 3.8) is 0 Å². The second-order valence-corrected chi connectivity index (χ2v) is 5.79. The van der Waals surface area contributed by atoms with Crippen molar-refractivity contribution in [3.8, 4) is 6.07 Å². The zero-order valence-corrected chi connectivity index (χ0v) is 11.9. The van der Waals surface area contributed by atoms with E-state index < -0.39 is 11.7 Å².